The first-order chi connectivity index (χ1) is 13.0. The standard InChI is InChI=1S/C22H27FN2O2/c1-3-14-25(15-4-2)22(27)19-7-5-6-18(16-19)21(26)24-13-12-17-8-10-20(23)11-9-17/h5-11,16H,3-4,12-15H2,1-2H3,(H,24,26). The van der Waals surface area contributed by atoms with Gasteiger partial charge in [0, 0.05) is 30.8 Å². The van der Waals surface area contributed by atoms with Crippen molar-refractivity contribution in [2.24, 2.45) is 0 Å². The minimum atomic E-state index is -0.274. The van der Waals surface area contributed by atoms with Crippen molar-refractivity contribution in [1.82, 2.24) is 10.2 Å². The van der Waals surface area contributed by atoms with E-state index in [9.17, 15) is 14.0 Å². The SMILES string of the molecule is CCCN(CCC)C(=O)c1cccc(C(=O)NCCc2ccc(F)cc2)c1. The molecule has 0 radical (unpaired) electrons. The van der Waals surface area contributed by atoms with Crippen molar-refractivity contribution >= 4 is 11.8 Å². The zero-order chi connectivity index (χ0) is 19.6. The number of hydrogen-bond acceptors (Lipinski definition) is 2. The molecule has 0 unspecified atom stereocenters. The van der Waals surface area contributed by atoms with Gasteiger partial charge in [-0.1, -0.05) is 32.0 Å². The molecule has 0 heterocycles. The maximum absolute atomic E-state index is 12.9. The highest BCUT2D eigenvalue weighted by Gasteiger charge is 2.16. The van der Waals surface area contributed by atoms with Crippen molar-refractivity contribution in [3.05, 3.63) is 71.0 Å². The fourth-order valence-corrected chi connectivity index (χ4v) is 2.90. The van der Waals surface area contributed by atoms with Crippen LogP contribution in [0.1, 0.15) is 53.0 Å². The lowest BCUT2D eigenvalue weighted by Gasteiger charge is -2.21. The zero-order valence-electron chi connectivity index (χ0n) is 16.0. The van der Waals surface area contributed by atoms with Crippen LogP contribution in [0.5, 0.6) is 0 Å². The molecule has 2 rings (SSSR count). The van der Waals surface area contributed by atoms with Gasteiger partial charge >= 0.3 is 0 Å². The number of carbonyl (C=O) groups is 2. The molecule has 0 spiro atoms. The van der Waals surface area contributed by atoms with Gasteiger partial charge in [-0.25, -0.2) is 4.39 Å². The van der Waals surface area contributed by atoms with E-state index in [4.69, 9.17) is 0 Å². The Kier molecular flexibility index (Phi) is 7.99. The molecule has 2 amide bonds. The Morgan fingerprint density at radius 2 is 1.59 bits per heavy atom. The molecular weight excluding hydrogens is 343 g/mol. The Labute approximate surface area is 160 Å². The third kappa shape index (κ3) is 6.20. The van der Waals surface area contributed by atoms with Gasteiger partial charge in [0.25, 0.3) is 11.8 Å². The van der Waals surface area contributed by atoms with Gasteiger partial charge in [-0.2, -0.15) is 0 Å². The van der Waals surface area contributed by atoms with Crippen molar-refractivity contribution < 1.29 is 14.0 Å². The van der Waals surface area contributed by atoms with Crippen molar-refractivity contribution in [2.75, 3.05) is 19.6 Å². The molecule has 0 bridgehead atoms. The third-order valence-electron chi connectivity index (χ3n) is 4.26. The lowest BCUT2D eigenvalue weighted by molar-refractivity contribution is 0.0755. The van der Waals surface area contributed by atoms with Crippen LogP contribution in [0.4, 0.5) is 4.39 Å². The van der Waals surface area contributed by atoms with Crippen molar-refractivity contribution in [3.63, 3.8) is 0 Å². The molecule has 0 aromatic heterocycles. The third-order valence-corrected chi connectivity index (χ3v) is 4.26. The predicted molar refractivity (Wildman–Crippen MR) is 105 cm³/mol. The molecule has 2 aromatic rings. The largest absolute Gasteiger partial charge is 0.352 e. The maximum Gasteiger partial charge on any atom is 0.253 e. The zero-order valence-corrected chi connectivity index (χ0v) is 16.0. The van der Waals surface area contributed by atoms with Gasteiger partial charge in [0.1, 0.15) is 5.82 Å². The summed E-state index contributed by atoms with van der Waals surface area (Å²) in [6.07, 6.45) is 2.41. The Bertz CT molecular complexity index is 753. The molecule has 0 aliphatic rings. The van der Waals surface area contributed by atoms with Crippen molar-refractivity contribution in [3.8, 4) is 0 Å². The average Bonchev–Trinajstić information content (AvgIpc) is 2.69. The van der Waals surface area contributed by atoms with E-state index in [2.05, 4.69) is 5.32 Å². The summed E-state index contributed by atoms with van der Waals surface area (Å²) < 4.78 is 12.9. The highest BCUT2D eigenvalue weighted by Crippen LogP contribution is 2.10. The second-order valence-corrected chi connectivity index (χ2v) is 6.51. The molecule has 0 saturated carbocycles. The second-order valence-electron chi connectivity index (χ2n) is 6.51. The number of nitrogens with one attached hydrogen (secondary N) is 1. The van der Waals surface area contributed by atoms with E-state index in [0.717, 1.165) is 18.4 Å². The summed E-state index contributed by atoms with van der Waals surface area (Å²) in [6.45, 7) is 5.95. The van der Waals surface area contributed by atoms with Gasteiger partial charge in [0.05, 0.1) is 0 Å². The second kappa shape index (κ2) is 10.5. The molecule has 0 atom stereocenters. The smallest absolute Gasteiger partial charge is 0.253 e. The topological polar surface area (TPSA) is 49.4 Å². The summed E-state index contributed by atoms with van der Waals surface area (Å²) in [7, 11) is 0. The molecule has 144 valence electrons. The van der Waals surface area contributed by atoms with Crippen LogP contribution in [0.25, 0.3) is 0 Å². The van der Waals surface area contributed by atoms with Gasteiger partial charge in [-0.05, 0) is 55.2 Å². The summed E-state index contributed by atoms with van der Waals surface area (Å²) >= 11 is 0. The molecule has 0 aliphatic heterocycles. The van der Waals surface area contributed by atoms with E-state index in [0.29, 0.717) is 37.2 Å². The first-order valence-electron chi connectivity index (χ1n) is 9.47. The van der Waals surface area contributed by atoms with E-state index in [1.165, 1.54) is 12.1 Å². The van der Waals surface area contributed by atoms with Crippen LogP contribution in [0.3, 0.4) is 0 Å². The Hall–Kier alpha value is -2.69. The van der Waals surface area contributed by atoms with E-state index < -0.39 is 0 Å². The molecule has 0 aliphatic carbocycles. The Balaban J connectivity index is 1.97. The number of rotatable bonds is 9. The molecule has 2 aromatic carbocycles. The van der Waals surface area contributed by atoms with Crippen LogP contribution in [-0.4, -0.2) is 36.3 Å². The van der Waals surface area contributed by atoms with Crippen LogP contribution in [0.15, 0.2) is 48.5 Å². The number of halogens is 1. The molecule has 27 heavy (non-hydrogen) atoms. The van der Waals surface area contributed by atoms with Gasteiger partial charge < -0.3 is 10.2 Å². The highest BCUT2D eigenvalue weighted by molar-refractivity contribution is 5.99. The van der Waals surface area contributed by atoms with Crippen LogP contribution in [0.2, 0.25) is 0 Å². The van der Waals surface area contributed by atoms with Crippen LogP contribution in [0, 0.1) is 5.82 Å². The molecule has 5 heteroatoms. The lowest BCUT2D eigenvalue weighted by Crippen LogP contribution is -2.33. The van der Waals surface area contributed by atoms with Crippen LogP contribution in [-0.2, 0) is 6.42 Å². The highest BCUT2D eigenvalue weighted by atomic mass is 19.1. The molecule has 0 saturated heterocycles. The Morgan fingerprint density at radius 3 is 2.22 bits per heavy atom. The predicted octanol–water partition coefficient (Wildman–Crippen LogP) is 4.06. The maximum atomic E-state index is 12.9. The van der Waals surface area contributed by atoms with E-state index >= 15 is 0 Å². The molecular formula is C22H27FN2O2. The quantitative estimate of drug-likeness (QED) is 0.724. The summed E-state index contributed by atoms with van der Waals surface area (Å²) in [5.41, 5.74) is 1.95. The first kappa shape index (κ1) is 20.6. The summed E-state index contributed by atoms with van der Waals surface area (Å²) in [6, 6.07) is 13.1. The number of hydrogen-bond donors (Lipinski definition) is 1. The summed E-state index contributed by atoms with van der Waals surface area (Å²) in [5, 5.41) is 2.85. The first-order valence-corrected chi connectivity index (χ1v) is 9.47. The number of amides is 2. The van der Waals surface area contributed by atoms with Crippen LogP contribution < -0.4 is 5.32 Å². The van der Waals surface area contributed by atoms with Crippen molar-refractivity contribution in [2.45, 2.75) is 33.1 Å². The average molecular weight is 370 g/mol. The monoisotopic (exact) mass is 370 g/mol. The number of benzene rings is 2. The molecule has 4 nitrogen and oxygen atoms in total. The Morgan fingerprint density at radius 1 is 0.963 bits per heavy atom. The van der Waals surface area contributed by atoms with E-state index in [1.54, 1.807) is 36.4 Å². The minimum Gasteiger partial charge on any atom is -0.352 e. The van der Waals surface area contributed by atoms with Gasteiger partial charge in [-0.3, -0.25) is 9.59 Å². The molecule has 1 N–H and O–H groups in total. The normalized spacial score (nSPS) is 10.5. The summed E-state index contributed by atoms with van der Waals surface area (Å²) in [4.78, 5) is 26.9. The minimum absolute atomic E-state index is 0.0420. The van der Waals surface area contributed by atoms with E-state index in [-0.39, 0.29) is 17.6 Å². The van der Waals surface area contributed by atoms with Gasteiger partial charge in [-0.15, -0.1) is 0 Å². The number of nitrogens with zero attached hydrogens (tertiary/aromatic N) is 1. The van der Waals surface area contributed by atoms with Crippen molar-refractivity contribution in [1.29, 1.82) is 0 Å². The van der Waals surface area contributed by atoms with E-state index in [1.807, 2.05) is 18.7 Å². The fourth-order valence-electron chi connectivity index (χ4n) is 2.90. The van der Waals surface area contributed by atoms with Gasteiger partial charge in [0.15, 0.2) is 0 Å². The lowest BCUT2D eigenvalue weighted by atomic mass is 10.1. The number of carbonyl (C=O) groups excluding carboxylic acids is 2. The van der Waals surface area contributed by atoms with Gasteiger partial charge in [0.2, 0.25) is 0 Å². The summed E-state index contributed by atoms with van der Waals surface area (Å²) in [5.74, 6) is -0.534. The molecule has 0 fully saturated rings. The van der Waals surface area contributed by atoms with Crippen LogP contribution >= 0.6 is 0 Å². The fraction of sp³-hybridized carbons (Fsp3) is 0.364.